The van der Waals surface area contributed by atoms with Crippen LogP contribution >= 0.6 is 27.5 Å². The van der Waals surface area contributed by atoms with Crippen LogP contribution in [0.3, 0.4) is 0 Å². The predicted molar refractivity (Wildman–Crippen MR) is 111 cm³/mol. The molecule has 2 aromatic carbocycles. The van der Waals surface area contributed by atoms with Crippen LogP contribution in [0.4, 0.5) is 0 Å². The van der Waals surface area contributed by atoms with Gasteiger partial charge in [-0.1, -0.05) is 23.7 Å². The number of nitrogens with zero attached hydrogens (tertiary/aromatic N) is 2. The Morgan fingerprint density at radius 2 is 2.07 bits per heavy atom. The first-order valence-corrected chi connectivity index (χ1v) is 9.34. The van der Waals surface area contributed by atoms with Crippen molar-refractivity contribution in [2.24, 2.45) is 0 Å². The molecule has 0 spiro atoms. The lowest BCUT2D eigenvalue weighted by atomic mass is 10.2. The van der Waals surface area contributed by atoms with E-state index in [2.05, 4.69) is 32.0 Å². The third-order valence-corrected chi connectivity index (χ3v) is 5.36. The van der Waals surface area contributed by atoms with Crippen LogP contribution < -0.4 is 0 Å². The summed E-state index contributed by atoms with van der Waals surface area (Å²) in [6.45, 7) is 2.01. The van der Waals surface area contributed by atoms with Crippen LogP contribution in [-0.2, 0) is 0 Å². The van der Waals surface area contributed by atoms with E-state index in [0.29, 0.717) is 27.9 Å². The average Bonchev–Trinajstić information content (AvgIpc) is 3.28. The number of aromatic amines is 1. The average molecular weight is 439 g/mol. The van der Waals surface area contributed by atoms with Gasteiger partial charge in [0.05, 0.1) is 21.6 Å². The molecule has 2 heterocycles. The Morgan fingerprint density at radius 1 is 1.22 bits per heavy atom. The van der Waals surface area contributed by atoms with E-state index in [1.807, 2.05) is 55.5 Å². The Morgan fingerprint density at radius 3 is 2.85 bits per heavy atom. The lowest BCUT2D eigenvalue weighted by Gasteiger charge is -2.00. The van der Waals surface area contributed by atoms with Crippen LogP contribution in [0.15, 0.2) is 57.4 Å². The van der Waals surface area contributed by atoms with Gasteiger partial charge in [-0.25, -0.2) is 4.98 Å². The topological polar surface area (TPSA) is 65.6 Å². The van der Waals surface area contributed by atoms with Gasteiger partial charge in [-0.2, -0.15) is 5.26 Å². The summed E-state index contributed by atoms with van der Waals surface area (Å²) in [4.78, 5) is 7.69. The minimum absolute atomic E-state index is 0.401. The Balaban J connectivity index is 1.69. The first-order valence-electron chi connectivity index (χ1n) is 8.17. The Bertz CT molecular complexity index is 1230. The molecule has 0 saturated heterocycles. The van der Waals surface area contributed by atoms with Gasteiger partial charge in [0.2, 0.25) is 0 Å². The number of allylic oxidation sites excluding steroid dienone is 1. The molecule has 0 bridgehead atoms. The molecule has 0 atom stereocenters. The van der Waals surface area contributed by atoms with Gasteiger partial charge in [0.1, 0.15) is 23.4 Å². The van der Waals surface area contributed by atoms with Crippen LogP contribution in [0.2, 0.25) is 5.02 Å². The van der Waals surface area contributed by atoms with E-state index in [-0.39, 0.29) is 0 Å². The van der Waals surface area contributed by atoms with E-state index in [1.54, 1.807) is 6.08 Å². The van der Waals surface area contributed by atoms with Crippen molar-refractivity contribution >= 4 is 50.2 Å². The summed E-state index contributed by atoms with van der Waals surface area (Å²) in [6.07, 6.45) is 1.68. The number of nitrogens with one attached hydrogen (secondary N) is 1. The fourth-order valence-corrected chi connectivity index (χ4v) is 3.21. The van der Waals surface area contributed by atoms with E-state index in [4.69, 9.17) is 16.0 Å². The van der Waals surface area contributed by atoms with Crippen LogP contribution in [0.1, 0.15) is 17.1 Å². The highest BCUT2D eigenvalue weighted by Crippen LogP contribution is 2.30. The van der Waals surface area contributed by atoms with Crippen molar-refractivity contribution < 1.29 is 4.42 Å². The van der Waals surface area contributed by atoms with Crippen LogP contribution in [0, 0.1) is 18.3 Å². The lowest BCUT2D eigenvalue weighted by Crippen LogP contribution is -1.84. The molecule has 0 unspecified atom stereocenters. The maximum Gasteiger partial charge on any atom is 0.149 e. The number of nitriles is 1. The van der Waals surface area contributed by atoms with Crippen molar-refractivity contribution in [2.75, 3.05) is 0 Å². The largest absolute Gasteiger partial charge is 0.457 e. The summed E-state index contributed by atoms with van der Waals surface area (Å²) in [5.74, 6) is 1.76. The van der Waals surface area contributed by atoms with Gasteiger partial charge in [0.15, 0.2) is 0 Å². The summed E-state index contributed by atoms with van der Waals surface area (Å²) in [7, 11) is 0. The minimum atomic E-state index is 0.401. The molecule has 0 saturated carbocycles. The van der Waals surface area contributed by atoms with Gasteiger partial charge in [0, 0.05) is 16.1 Å². The van der Waals surface area contributed by atoms with Crippen molar-refractivity contribution in [1.82, 2.24) is 9.97 Å². The summed E-state index contributed by atoms with van der Waals surface area (Å²) < 4.78 is 6.69. The summed E-state index contributed by atoms with van der Waals surface area (Å²) >= 11 is 9.53. The van der Waals surface area contributed by atoms with Crippen LogP contribution in [0.5, 0.6) is 0 Å². The highest BCUT2D eigenvalue weighted by molar-refractivity contribution is 9.10. The molecule has 0 aliphatic heterocycles. The second-order valence-electron chi connectivity index (χ2n) is 6.11. The number of hydrogen-bond donors (Lipinski definition) is 1. The van der Waals surface area contributed by atoms with Gasteiger partial charge in [0.25, 0.3) is 0 Å². The van der Waals surface area contributed by atoms with Crippen molar-refractivity contribution in [3.63, 3.8) is 0 Å². The molecule has 132 valence electrons. The first-order chi connectivity index (χ1) is 13.0. The molecule has 4 nitrogen and oxygen atoms in total. The van der Waals surface area contributed by atoms with Crippen LogP contribution in [-0.4, -0.2) is 9.97 Å². The molecular formula is C21H13BrClN3O. The second kappa shape index (κ2) is 7.07. The van der Waals surface area contributed by atoms with E-state index >= 15 is 0 Å². The molecule has 6 heteroatoms. The van der Waals surface area contributed by atoms with Gasteiger partial charge in [-0.05, 0) is 64.8 Å². The smallest absolute Gasteiger partial charge is 0.149 e. The van der Waals surface area contributed by atoms with Crippen LogP contribution in [0.25, 0.3) is 34.0 Å². The number of aryl methyl sites for hydroxylation is 1. The second-order valence-corrected chi connectivity index (χ2v) is 7.37. The molecule has 4 aromatic rings. The Labute approximate surface area is 169 Å². The molecule has 27 heavy (non-hydrogen) atoms. The zero-order chi connectivity index (χ0) is 19.0. The molecule has 1 N–H and O–H groups in total. The number of H-pyrrole nitrogens is 1. The number of halogens is 2. The standard InChI is InChI=1S/C21H13BrClN3O/c1-12-2-6-18-19(8-12)26-21(25-18)14(11-24)9-15-4-7-20(27-15)13-3-5-16(22)17(23)10-13/h2-10H,1H3,(H,25,26). The molecule has 0 aliphatic rings. The maximum atomic E-state index is 9.57. The summed E-state index contributed by atoms with van der Waals surface area (Å²) in [5.41, 5.74) is 4.11. The minimum Gasteiger partial charge on any atom is -0.457 e. The van der Waals surface area contributed by atoms with Gasteiger partial charge in [-0.15, -0.1) is 0 Å². The normalized spacial score (nSPS) is 11.7. The van der Waals surface area contributed by atoms with Crippen molar-refractivity contribution in [3.05, 3.63) is 75.2 Å². The molecule has 0 fully saturated rings. The number of fused-ring (bicyclic) bond motifs is 1. The van der Waals surface area contributed by atoms with E-state index in [9.17, 15) is 5.26 Å². The highest BCUT2D eigenvalue weighted by atomic mass is 79.9. The Kier molecular flexibility index (Phi) is 4.61. The van der Waals surface area contributed by atoms with E-state index in [1.165, 1.54) is 0 Å². The number of benzene rings is 2. The van der Waals surface area contributed by atoms with E-state index < -0.39 is 0 Å². The van der Waals surface area contributed by atoms with Gasteiger partial charge < -0.3 is 9.40 Å². The highest BCUT2D eigenvalue weighted by Gasteiger charge is 2.11. The molecule has 0 radical (unpaired) electrons. The van der Waals surface area contributed by atoms with Gasteiger partial charge in [-0.3, -0.25) is 0 Å². The first kappa shape index (κ1) is 17.6. The quantitative estimate of drug-likeness (QED) is 0.366. The summed E-state index contributed by atoms with van der Waals surface area (Å²) in [6, 6.07) is 17.4. The molecule has 0 aliphatic carbocycles. The summed E-state index contributed by atoms with van der Waals surface area (Å²) in [5, 5.41) is 10.2. The molecular weight excluding hydrogens is 426 g/mol. The molecule has 4 rings (SSSR count). The molecule has 0 amide bonds. The zero-order valence-electron chi connectivity index (χ0n) is 14.3. The third-order valence-electron chi connectivity index (χ3n) is 4.13. The zero-order valence-corrected chi connectivity index (χ0v) is 16.6. The fraction of sp³-hybridized carbons (Fsp3) is 0.0476. The maximum absolute atomic E-state index is 9.57. The number of rotatable bonds is 3. The van der Waals surface area contributed by atoms with E-state index in [0.717, 1.165) is 26.6 Å². The van der Waals surface area contributed by atoms with Crippen molar-refractivity contribution in [2.45, 2.75) is 6.92 Å². The fourth-order valence-electron chi connectivity index (χ4n) is 2.78. The number of imidazole rings is 1. The van der Waals surface area contributed by atoms with Crippen molar-refractivity contribution in [1.29, 1.82) is 5.26 Å². The predicted octanol–water partition coefficient (Wildman–Crippen LogP) is 6.61. The number of aromatic nitrogens is 2. The Hall–Kier alpha value is -2.81. The lowest BCUT2D eigenvalue weighted by molar-refractivity contribution is 0.572. The van der Waals surface area contributed by atoms with Gasteiger partial charge >= 0.3 is 0 Å². The SMILES string of the molecule is Cc1ccc2nc(C(C#N)=Cc3ccc(-c4ccc(Br)c(Cl)c4)o3)[nH]c2c1. The number of furan rings is 1. The monoisotopic (exact) mass is 437 g/mol. The van der Waals surface area contributed by atoms with Crippen molar-refractivity contribution in [3.8, 4) is 17.4 Å². The third kappa shape index (κ3) is 3.55. The number of hydrogen-bond acceptors (Lipinski definition) is 3. The molecule has 2 aromatic heterocycles.